The van der Waals surface area contributed by atoms with Gasteiger partial charge in [0.1, 0.15) is 5.82 Å². The van der Waals surface area contributed by atoms with Crippen molar-refractivity contribution in [1.82, 2.24) is 15.5 Å². The second-order valence-corrected chi connectivity index (χ2v) is 5.63. The number of benzene rings is 1. The van der Waals surface area contributed by atoms with E-state index >= 15 is 0 Å². The molecule has 3 rings (SSSR count). The van der Waals surface area contributed by atoms with E-state index in [1.54, 1.807) is 6.07 Å². The summed E-state index contributed by atoms with van der Waals surface area (Å²) in [5.74, 6) is 1.24. The maximum absolute atomic E-state index is 13.1. The molecule has 4 nitrogen and oxygen atoms in total. The van der Waals surface area contributed by atoms with Crippen LogP contribution < -0.4 is 5.32 Å². The highest BCUT2D eigenvalue weighted by Gasteiger charge is 2.29. The average molecular weight is 326 g/mol. The summed E-state index contributed by atoms with van der Waals surface area (Å²) < 4.78 is 19.0. The van der Waals surface area contributed by atoms with Crippen LogP contribution in [-0.4, -0.2) is 16.7 Å². The molecule has 6 heteroatoms. The standard InChI is InChI=1S/C13H13BrFN3O/c1-7-4-5-16-11(7)13-17-12(18-19-13)9-3-2-8(15)6-10(9)14/h2-3,6-7,11,16H,4-5H2,1H3. The molecule has 1 saturated heterocycles. The van der Waals surface area contributed by atoms with E-state index in [2.05, 4.69) is 38.3 Å². The number of hydrogen-bond acceptors (Lipinski definition) is 4. The SMILES string of the molecule is CC1CCNC1c1nc(-c2ccc(F)cc2Br)no1. The van der Waals surface area contributed by atoms with Crippen LogP contribution in [0, 0.1) is 11.7 Å². The summed E-state index contributed by atoms with van der Waals surface area (Å²) in [6, 6.07) is 4.52. The van der Waals surface area contributed by atoms with Crippen LogP contribution in [0.15, 0.2) is 27.2 Å². The van der Waals surface area contributed by atoms with E-state index in [4.69, 9.17) is 4.52 Å². The minimum absolute atomic E-state index is 0.112. The monoisotopic (exact) mass is 325 g/mol. The lowest BCUT2D eigenvalue weighted by atomic mass is 10.0. The Morgan fingerprint density at radius 3 is 3.00 bits per heavy atom. The first kappa shape index (κ1) is 12.7. The van der Waals surface area contributed by atoms with E-state index in [0.717, 1.165) is 18.5 Å². The maximum Gasteiger partial charge on any atom is 0.244 e. The number of hydrogen-bond donors (Lipinski definition) is 1. The van der Waals surface area contributed by atoms with Gasteiger partial charge in [0.2, 0.25) is 11.7 Å². The topological polar surface area (TPSA) is 51.0 Å². The van der Waals surface area contributed by atoms with E-state index in [9.17, 15) is 4.39 Å². The van der Waals surface area contributed by atoms with E-state index in [0.29, 0.717) is 22.1 Å². The molecule has 1 aliphatic heterocycles. The molecule has 2 atom stereocenters. The summed E-state index contributed by atoms with van der Waals surface area (Å²) in [6.45, 7) is 3.12. The highest BCUT2D eigenvalue weighted by atomic mass is 79.9. The molecule has 2 unspecified atom stereocenters. The van der Waals surface area contributed by atoms with Gasteiger partial charge in [-0.15, -0.1) is 0 Å². The molecular formula is C13H13BrFN3O. The van der Waals surface area contributed by atoms with Crippen molar-refractivity contribution in [3.05, 3.63) is 34.4 Å². The lowest BCUT2D eigenvalue weighted by Gasteiger charge is -2.09. The first-order valence-corrected chi connectivity index (χ1v) is 6.97. The maximum atomic E-state index is 13.1. The second kappa shape index (κ2) is 5.02. The first-order chi connectivity index (χ1) is 9.15. The molecule has 0 spiro atoms. The number of nitrogens with zero attached hydrogens (tertiary/aromatic N) is 2. The van der Waals surface area contributed by atoms with Crippen LogP contribution in [0.3, 0.4) is 0 Å². The largest absolute Gasteiger partial charge is 0.337 e. The number of aromatic nitrogens is 2. The Bertz CT molecular complexity index is 601. The van der Waals surface area contributed by atoms with Crippen LogP contribution in [0.5, 0.6) is 0 Å². The lowest BCUT2D eigenvalue weighted by Crippen LogP contribution is -2.16. The van der Waals surface area contributed by atoms with E-state index < -0.39 is 0 Å². The van der Waals surface area contributed by atoms with Crippen molar-refractivity contribution >= 4 is 15.9 Å². The normalized spacial score (nSPS) is 22.9. The Hall–Kier alpha value is -1.27. The predicted octanol–water partition coefficient (Wildman–Crippen LogP) is 3.31. The van der Waals surface area contributed by atoms with Gasteiger partial charge in [0, 0.05) is 10.0 Å². The Morgan fingerprint density at radius 1 is 1.47 bits per heavy atom. The Labute approximate surface area is 118 Å². The number of nitrogens with one attached hydrogen (secondary N) is 1. The van der Waals surface area contributed by atoms with Crippen LogP contribution in [0.2, 0.25) is 0 Å². The van der Waals surface area contributed by atoms with Gasteiger partial charge >= 0.3 is 0 Å². The molecule has 2 heterocycles. The zero-order chi connectivity index (χ0) is 13.4. The summed E-state index contributed by atoms with van der Waals surface area (Å²) in [5, 5.41) is 7.32. The average Bonchev–Trinajstić information content (AvgIpc) is 2.97. The van der Waals surface area contributed by atoms with Gasteiger partial charge in [-0.1, -0.05) is 12.1 Å². The quantitative estimate of drug-likeness (QED) is 0.920. The summed E-state index contributed by atoms with van der Waals surface area (Å²) in [6.07, 6.45) is 1.10. The molecule has 0 radical (unpaired) electrons. The fraction of sp³-hybridized carbons (Fsp3) is 0.385. The Morgan fingerprint density at radius 2 is 2.32 bits per heavy atom. The first-order valence-electron chi connectivity index (χ1n) is 6.17. The molecule has 2 aromatic rings. The molecule has 1 aromatic carbocycles. The summed E-state index contributed by atoms with van der Waals surface area (Å²) in [5.41, 5.74) is 0.724. The fourth-order valence-electron chi connectivity index (χ4n) is 2.31. The van der Waals surface area contributed by atoms with Gasteiger partial charge in [-0.25, -0.2) is 4.39 Å². The molecule has 0 bridgehead atoms. The zero-order valence-corrected chi connectivity index (χ0v) is 11.9. The molecule has 0 aliphatic carbocycles. The van der Waals surface area contributed by atoms with Crippen LogP contribution >= 0.6 is 15.9 Å². The summed E-state index contributed by atoms with van der Waals surface area (Å²) in [4.78, 5) is 4.41. The van der Waals surface area contributed by atoms with Gasteiger partial charge in [0.05, 0.1) is 6.04 Å². The highest BCUT2D eigenvalue weighted by molar-refractivity contribution is 9.10. The molecule has 1 N–H and O–H groups in total. The second-order valence-electron chi connectivity index (χ2n) is 4.78. The minimum Gasteiger partial charge on any atom is -0.337 e. The molecule has 19 heavy (non-hydrogen) atoms. The van der Waals surface area contributed by atoms with E-state index in [1.807, 2.05) is 0 Å². The Kier molecular flexibility index (Phi) is 3.36. The third-order valence-corrected chi connectivity index (χ3v) is 4.07. The number of halogens is 2. The molecule has 1 aromatic heterocycles. The van der Waals surface area contributed by atoms with Crippen LogP contribution in [0.4, 0.5) is 4.39 Å². The minimum atomic E-state index is -0.301. The van der Waals surface area contributed by atoms with Gasteiger partial charge in [-0.3, -0.25) is 0 Å². The van der Waals surface area contributed by atoms with E-state index in [-0.39, 0.29) is 11.9 Å². The van der Waals surface area contributed by atoms with Gasteiger partial charge in [-0.2, -0.15) is 4.98 Å². The smallest absolute Gasteiger partial charge is 0.244 e. The van der Waals surface area contributed by atoms with Crippen molar-refractivity contribution in [2.75, 3.05) is 6.54 Å². The van der Waals surface area contributed by atoms with Crippen molar-refractivity contribution in [1.29, 1.82) is 0 Å². The van der Waals surface area contributed by atoms with Gasteiger partial charge < -0.3 is 9.84 Å². The van der Waals surface area contributed by atoms with Crippen molar-refractivity contribution in [2.24, 2.45) is 5.92 Å². The highest BCUT2D eigenvalue weighted by Crippen LogP contribution is 2.31. The van der Waals surface area contributed by atoms with Crippen molar-refractivity contribution in [3.63, 3.8) is 0 Å². The van der Waals surface area contributed by atoms with Crippen LogP contribution in [0.25, 0.3) is 11.4 Å². The van der Waals surface area contributed by atoms with Gasteiger partial charge in [0.25, 0.3) is 0 Å². The third kappa shape index (κ3) is 2.42. The Balaban J connectivity index is 1.92. The molecule has 1 fully saturated rings. The molecule has 1 aliphatic rings. The summed E-state index contributed by atoms with van der Waals surface area (Å²) in [7, 11) is 0. The van der Waals surface area contributed by atoms with Gasteiger partial charge in [-0.05, 0) is 53.0 Å². The number of rotatable bonds is 2. The van der Waals surface area contributed by atoms with Crippen LogP contribution in [0.1, 0.15) is 25.3 Å². The molecule has 0 amide bonds. The van der Waals surface area contributed by atoms with Crippen molar-refractivity contribution < 1.29 is 8.91 Å². The third-order valence-electron chi connectivity index (χ3n) is 3.41. The molecule has 0 saturated carbocycles. The molecule has 100 valence electrons. The summed E-state index contributed by atoms with van der Waals surface area (Å²) >= 11 is 3.31. The van der Waals surface area contributed by atoms with E-state index in [1.165, 1.54) is 12.1 Å². The zero-order valence-electron chi connectivity index (χ0n) is 10.4. The van der Waals surface area contributed by atoms with Crippen molar-refractivity contribution in [2.45, 2.75) is 19.4 Å². The van der Waals surface area contributed by atoms with Crippen molar-refractivity contribution in [3.8, 4) is 11.4 Å². The predicted molar refractivity (Wildman–Crippen MR) is 71.9 cm³/mol. The van der Waals surface area contributed by atoms with Crippen LogP contribution in [-0.2, 0) is 0 Å². The lowest BCUT2D eigenvalue weighted by molar-refractivity contribution is 0.319. The fourth-order valence-corrected chi connectivity index (χ4v) is 2.83. The van der Waals surface area contributed by atoms with Gasteiger partial charge in [0.15, 0.2) is 0 Å². The molecular weight excluding hydrogens is 313 g/mol.